The highest BCUT2D eigenvalue weighted by atomic mass is 32.1. The maximum absolute atomic E-state index is 9.64. The number of nitrogens with zero attached hydrogens (tertiary/aromatic N) is 1. The molecule has 2 nitrogen and oxygen atoms in total. The number of benzene rings is 2. The molecule has 0 saturated carbocycles. The summed E-state index contributed by atoms with van der Waals surface area (Å²) < 4.78 is 2.10. The third kappa shape index (κ3) is 1.68. The average molecular weight is 242 g/mol. The molecule has 3 heteroatoms. The van der Waals surface area contributed by atoms with Crippen LogP contribution in [0.3, 0.4) is 0 Å². The van der Waals surface area contributed by atoms with Crippen molar-refractivity contribution in [3.05, 3.63) is 53.0 Å². The molecule has 1 heterocycles. The SMILES string of the molecule is Cc1ccc2ccc(O)cc2c1-[n+]1ccsc1. The second-order valence-electron chi connectivity index (χ2n) is 4.07. The minimum Gasteiger partial charge on any atom is -0.508 e. The number of aryl methyl sites for hydroxylation is 1. The fourth-order valence-electron chi connectivity index (χ4n) is 2.11. The topological polar surface area (TPSA) is 24.1 Å². The first-order chi connectivity index (χ1) is 8.25. The van der Waals surface area contributed by atoms with E-state index in [0.29, 0.717) is 5.75 Å². The first-order valence-corrected chi connectivity index (χ1v) is 6.36. The molecule has 0 fully saturated rings. The van der Waals surface area contributed by atoms with Gasteiger partial charge < -0.3 is 5.11 Å². The lowest BCUT2D eigenvalue weighted by Gasteiger charge is -2.04. The van der Waals surface area contributed by atoms with Crippen LogP contribution in [-0.2, 0) is 0 Å². The van der Waals surface area contributed by atoms with E-state index >= 15 is 0 Å². The van der Waals surface area contributed by atoms with Gasteiger partial charge in [0, 0.05) is 5.56 Å². The zero-order chi connectivity index (χ0) is 11.8. The van der Waals surface area contributed by atoms with Crippen LogP contribution in [0.1, 0.15) is 5.56 Å². The maximum Gasteiger partial charge on any atom is 0.230 e. The Bertz CT molecular complexity index is 669. The van der Waals surface area contributed by atoms with Gasteiger partial charge in [0.25, 0.3) is 0 Å². The Kier molecular flexibility index (Phi) is 2.34. The predicted octanol–water partition coefficient (Wildman–Crippen LogP) is 3.19. The fourth-order valence-corrected chi connectivity index (χ4v) is 2.69. The first-order valence-electron chi connectivity index (χ1n) is 5.42. The molecule has 0 aliphatic carbocycles. The third-order valence-electron chi connectivity index (χ3n) is 2.91. The summed E-state index contributed by atoms with van der Waals surface area (Å²) in [5, 5.41) is 13.9. The van der Waals surface area contributed by atoms with E-state index in [4.69, 9.17) is 0 Å². The van der Waals surface area contributed by atoms with Crippen LogP contribution in [0.15, 0.2) is 47.4 Å². The van der Waals surface area contributed by atoms with Gasteiger partial charge in [0.05, 0.1) is 10.8 Å². The fraction of sp³-hybridized carbons (Fsp3) is 0.0714. The van der Waals surface area contributed by atoms with Gasteiger partial charge in [-0.2, -0.15) is 4.57 Å². The average Bonchev–Trinajstić information content (AvgIpc) is 2.82. The zero-order valence-corrected chi connectivity index (χ0v) is 10.2. The summed E-state index contributed by atoms with van der Waals surface area (Å²) >= 11 is 1.66. The molecule has 0 radical (unpaired) electrons. The third-order valence-corrected chi connectivity index (χ3v) is 3.54. The van der Waals surface area contributed by atoms with Gasteiger partial charge in [-0.15, -0.1) is 0 Å². The molecule has 0 spiro atoms. The Balaban J connectivity index is 2.42. The van der Waals surface area contributed by atoms with Crippen LogP contribution < -0.4 is 4.57 Å². The van der Waals surface area contributed by atoms with Gasteiger partial charge in [-0.25, -0.2) is 0 Å². The van der Waals surface area contributed by atoms with Crippen LogP contribution in [0.4, 0.5) is 0 Å². The van der Waals surface area contributed by atoms with Crippen molar-refractivity contribution >= 4 is 22.1 Å². The largest absolute Gasteiger partial charge is 0.508 e. The van der Waals surface area contributed by atoms with Crippen molar-refractivity contribution in [2.24, 2.45) is 0 Å². The lowest BCUT2D eigenvalue weighted by Crippen LogP contribution is -2.28. The van der Waals surface area contributed by atoms with E-state index < -0.39 is 0 Å². The van der Waals surface area contributed by atoms with Gasteiger partial charge in [0.2, 0.25) is 11.2 Å². The Morgan fingerprint density at radius 2 is 2.00 bits per heavy atom. The molecule has 3 rings (SSSR count). The van der Waals surface area contributed by atoms with Gasteiger partial charge in [0.15, 0.2) is 6.20 Å². The zero-order valence-electron chi connectivity index (χ0n) is 9.42. The number of thiazole rings is 1. The number of aromatic hydroxyl groups is 1. The second-order valence-corrected chi connectivity index (χ2v) is 4.83. The normalized spacial score (nSPS) is 10.9. The van der Waals surface area contributed by atoms with Gasteiger partial charge in [-0.1, -0.05) is 29.5 Å². The monoisotopic (exact) mass is 242 g/mol. The molecular weight excluding hydrogens is 230 g/mol. The van der Waals surface area contributed by atoms with Crippen molar-refractivity contribution in [2.75, 3.05) is 0 Å². The lowest BCUT2D eigenvalue weighted by molar-refractivity contribution is -0.589. The summed E-state index contributed by atoms with van der Waals surface area (Å²) in [6, 6.07) is 9.68. The van der Waals surface area contributed by atoms with Crippen LogP contribution in [0.2, 0.25) is 0 Å². The van der Waals surface area contributed by atoms with Gasteiger partial charge in [0.1, 0.15) is 5.75 Å². The standard InChI is InChI=1S/C14H11NOS/c1-10-2-3-11-4-5-12(16)8-13(11)14(10)15-6-7-17-9-15/h2-9H,1H3/p+1. The number of hydrogen-bond donors (Lipinski definition) is 1. The minimum atomic E-state index is 0.306. The smallest absolute Gasteiger partial charge is 0.230 e. The van der Waals surface area contributed by atoms with E-state index in [1.54, 1.807) is 17.4 Å². The van der Waals surface area contributed by atoms with Crippen LogP contribution >= 0.6 is 11.3 Å². The first kappa shape index (κ1) is 10.3. The highest BCUT2D eigenvalue weighted by Gasteiger charge is 2.15. The molecule has 0 aliphatic heterocycles. The summed E-state index contributed by atoms with van der Waals surface area (Å²) in [7, 11) is 0. The molecule has 84 valence electrons. The highest BCUT2D eigenvalue weighted by molar-refractivity contribution is 7.07. The van der Waals surface area contributed by atoms with Crippen LogP contribution in [0.25, 0.3) is 16.5 Å². The van der Waals surface area contributed by atoms with Gasteiger partial charge in [-0.05, 0) is 24.4 Å². The van der Waals surface area contributed by atoms with Crippen LogP contribution in [0, 0.1) is 6.92 Å². The van der Waals surface area contributed by atoms with Gasteiger partial charge in [-0.3, -0.25) is 0 Å². The van der Waals surface area contributed by atoms with Crippen molar-refractivity contribution in [1.82, 2.24) is 0 Å². The van der Waals surface area contributed by atoms with Crippen molar-refractivity contribution in [2.45, 2.75) is 6.92 Å². The predicted molar refractivity (Wildman–Crippen MR) is 69.8 cm³/mol. The van der Waals surface area contributed by atoms with E-state index in [2.05, 4.69) is 29.1 Å². The number of phenols is 1. The van der Waals surface area contributed by atoms with Crippen molar-refractivity contribution in [3.8, 4) is 11.4 Å². The minimum absolute atomic E-state index is 0.306. The second kappa shape index (κ2) is 3.86. The summed E-state index contributed by atoms with van der Waals surface area (Å²) in [4.78, 5) is 0. The molecular formula is C14H12NOS+. The van der Waals surface area contributed by atoms with Crippen molar-refractivity contribution < 1.29 is 9.67 Å². The molecule has 0 saturated heterocycles. The molecule has 2 aromatic carbocycles. The lowest BCUT2D eigenvalue weighted by atomic mass is 10.0. The molecule has 0 unspecified atom stereocenters. The quantitative estimate of drug-likeness (QED) is 0.651. The molecule has 0 amide bonds. The number of rotatable bonds is 1. The maximum atomic E-state index is 9.64. The van der Waals surface area contributed by atoms with Crippen molar-refractivity contribution in [3.63, 3.8) is 0 Å². The van der Waals surface area contributed by atoms with E-state index in [1.807, 2.05) is 23.7 Å². The summed E-state index contributed by atoms with van der Waals surface area (Å²) in [5.74, 6) is 0.306. The molecule has 0 atom stereocenters. The van der Waals surface area contributed by atoms with E-state index in [-0.39, 0.29) is 0 Å². The summed E-state index contributed by atoms with van der Waals surface area (Å²) in [6.07, 6.45) is 2.04. The molecule has 3 aromatic rings. The van der Waals surface area contributed by atoms with E-state index in [1.165, 1.54) is 5.56 Å². The van der Waals surface area contributed by atoms with Gasteiger partial charge >= 0.3 is 0 Å². The van der Waals surface area contributed by atoms with E-state index in [0.717, 1.165) is 16.5 Å². The Morgan fingerprint density at radius 1 is 1.18 bits per heavy atom. The number of hydrogen-bond acceptors (Lipinski definition) is 2. The van der Waals surface area contributed by atoms with Crippen molar-refractivity contribution in [1.29, 1.82) is 0 Å². The molecule has 0 aliphatic rings. The number of phenolic OH excluding ortho intramolecular Hbond substituents is 1. The Morgan fingerprint density at radius 3 is 2.76 bits per heavy atom. The van der Waals surface area contributed by atoms with Crippen LogP contribution in [0.5, 0.6) is 5.75 Å². The number of fused-ring (bicyclic) bond motifs is 1. The Labute approximate surface area is 103 Å². The number of aromatic nitrogens is 1. The molecule has 0 bridgehead atoms. The molecule has 1 N–H and O–H groups in total. The van der Waals surface area contributed by atoms with Crippen LogP contribution in [-0.4, -0.2) is 5.11 Å². The van der Waals surface area contributed by atoms with E-state index in [9.17, 15) is 5.11 Å². The summed E-state index contributed by atoms with van der Waals surface area (Å²) in [6.45, 7) is 2.09. The molecule has 1 aromatic heterocycles. The Hall–Kier alpha value is -1.87. The highest BCUT2D eigenvalue weighted by Crippen LogP contribution is 2.26. The summed E-state index contributed by atoms with van der Waals surface area (Å²) in [5.41, 5.74) is 4.40. The molecule has 17 heavy (non-hydrogen) atoms.